The first-order valence-corrected chi connectivity index (χ1v) is 8.53. The van der Waals surface area contributed by atoms with Crippen molar-refractivity contribution in [3.05, 3.63) is 0 Å². The normalized spacial score (nSPS) is 34.2. The Morgan fingerprint density at radius 1 is 1.19 bits per heavy atom. The fourth-order valence-corrected chi connectivity index (χ4v) is 3.86. The van der Waals surface area contributed by atoms with Crippen molar-refractivity contribution in [1.29, 1.82) is 0 Å². The number of nitrogens with one attached hydrogen (secondary N) is 3. The van der Waals surface area contributed by atoms with E-state index in [-0.39, 0.29) is 5.91 Å². The molecule has 3 unspecified atom stereocenters. The molecule has 2 aliphatic carbocycles. The van der Waals surface area contributed by atoms with E-state index in [2.05, 4.69) is 20.9 Å². The number of nitrogens with zero attached hydrogens (tertiary/aromatic N) is 1. The van der Waals surface area contributed by atoms with E-state index >= 15 is 0 Å². The molecule has 0 aromatic rings. The third-order valence-electron chi connectivity index (χ3n) is 5.25. The van der Waals surface area contributed by atoms with Gasteiger partial charge < -0.3 is 16.0 Å². The summed E-state index contributed by atoms with van der Waals surface area (Å²) in [5, 5.41) is 9.92. The van der Waals surface area contributed by atoms with Crippen LogP contribution >= 0.6 is 0 Å². The Labute approximate surface area is 127 Å². The van der Waals surface area contributed by atoms with Crippen molar-refractivity contribution >= 4 is 11.9 Å². The van der Waals surface area contributed by atoms with E-state index in [1.807, 2.05) is 7.05 Å². The topological polar surface area (TPSA) is 65.5 Å². The number of aliphatic imine (C=N–C) groups is 1. The zero-order valence-electron chi connectivity index (χ0n) is 13.0. The van der Waals surface area contributed by atoms with Crippen LogP contribution in [-0.4, -0.2) is 37.5 Å². The second-order valence-electron chi connectivity index (χ2n) is 6.80. The second kappa shape index (κ2) is 6.67. The molecule has 0 aromatic heterocycles. The Morgan fingerprint density at radius 3 is 2.67 bits per heavy atom. The molecule has 21 heavy (non-hydrogen) atoms. The van der Waals surface area contributed by atoms with Gasteiger partial charge in [-0.3, -0.25) is 9.79 Å². The maximum atomic E-state index is 11.2. The number of amides is 1. The quantitative estimate of drug-likeness (QED) is 0.544. The van der Waals surface area contributed by atoms with E-state index in [1.165, 1.54) is 38.5 Å². The summed E-state index contributed by atoms with van der Waals surface area (Å²) in [6.07, 6.45) is 9.91. The maximum absolute atomic E-state index is 11.2. The van der Waals surface area contributed by atoms with E-state index in [1.54, 1.807) is 0 Å². The molecule has 0 bridgehead atoms. The minimum Gasteiger partial charge on any atom is -0.354 e. The van der Waals surface area contributed by atoms with Gasteiger partial charge in [0.05, 0.1) is 0 Å². The van der Waals surface area contributed by atoms with Crippen LogP contribution in [0.2, 0.25) is 0 Å². The summed E-state index contributed by atoms with van der Waals surface area (Å²) in [5.41, 5.74) is 0. The monoisotopic (exact) mass is 292 g/mol. The molecule has 0 spiro atoms. The molecule has 3 aliphatic rings. The molecule has 3 rings (SSSR count). The highest BCUT2D eigenvalue weighted by atomic mass is 16.1. The number of hydrogen-bond acceptors (Lipinski definition) is 2. The van der Waals surface area contributed by atoms with Crippen LogP contribution in [-0.2, 0) is 4.79 Å². The predicted octanol–water partition coefficient (Wildman–Crippen LogP) is 1.40. The van der Waals surface area contributed by atoms with Crippen LogP contribution in [0, 0.1) is 11.8 Å². The van der Waals surface area contributed by atoms with Gasteiger partial charge in [-0.1, -0.05) is 32.1 Å². The fourth-order valence-electron chi connectivity index (χ4n) is 3.86. The molecule has 1 saturated heterocycles. The Hall–Kier alpha value is -1.26. The second-order valence-corrected chi connectivity index (χ2v) is 6.80. The van der Waals surface area contributed by atoms with Gasteiger partial charge in [-0.2, -0.15) is 0 Å². The average molecular weight is 292 g/mol. The third kappa shape index (κ3) is 3.89. The third-order valence-corrected chi connectivity index (χ3v) is 5.25. The molecule has 118 valence electrons. The van der Waals surface area contributed by atoms with Gasteiger partial charge in [0.15, 0.2) is 5.96 Å². The van der Waals surface area contributed by atoms with Crippen LogP contribution < -0.4 is 16.0 Å². The van der Waals surface area contributed by atoms with Crippen molar-refractivity contribution in [3.63, 3.8) is 0 Å². The summed E-state index contributed by atoms with van der Waals surface area (Å²) < 4.78 is 0. The SMILES string of the molecule is CN=C(NC1CCC(=O)NC1)NC1CC1C1CCCCC1. The van der Waals surface area contributed by atoms with Crippen LogP contribution in [0.15, 0.2) is 4.99 Å². The highest BCUT2D eigenvalue weighted by molar-refractivity contribution is 5.81. The van der Waals surface area contributed by atoms with Crippen molar-refractivity contribution in [2.75, 3.05) is 13.6 Å². The van der Waals surface area contributed by atoms with Crippen LogP contribution in [0.25, 0.3) is 0 Å². The van der Waals surface area contributed by atoms with E-state index in [9.17, 15) is 4.79 Å². The summed E-state index contributed by atoms with van der Waals surface area (Å²) in [5.74, 6) is 2.85. The summed E-state index contributed by atoms with van der Waals surface area (Å²) >= 11 is 0. The van der Waals surface area contributed by atoms with Gasteiger partial charge in [-0.15, -0.1) is 0 Å². The zero-order chi connectivity index (χ0) is 14.7. The van der Waals surface area contributed by atoms with E-state index in [0.717, 1.165) is 24.2 Å². The van der Waals surface area contributed by atoms with Gasteiger partial charge in [-0.25, -0.2) is 0 Å². The van der Waals surface area contributed by atoms with Crippen LogP contribution in [0.3, 0.4) is 0 Å². The number of guanidine groups is 1. The van der Waals surface area contributed by atoms with Crippen LogP contribution in [0.1, 0.15) is 51.4 Å². The van der Waals surface area contributed by atoms with Crippen molar-refractivity contribution in [3.8, 4) is 0 Å². The zero-order valence-corrected chi connectivity index (χ0v) is 13.0. The molecule has 3 fully saturated rings. The highest BCUT2D eigenvalue weighted by Crippen LogP contribution is 2.44. The number of hydrogen-bond donors (Lipinski definition) is 3. The van der Waals surface area contributed by atoms with Crippen molar-refractivity contribution in [2.24, 2.45) is 16.8 Å². The molecule has 1 aliphatic heterocycles. The summed E-state index contributed by atoms with van der Waals surface area (Å²) in [6.45, 7) is 0.705. The first-order valence-electron chi connectivity index (χ1n) is 8.53. The molecule has 1 amide bonds. The fraction of sp³-hybridized carbons (Fsp3) is 0.875. The van der Waals surface area contributed by atoms with Crippen molar-refractivity contribution in [1.82, 2.24) is 16.0 Å². The largest absolute Gasteiger partial charge is 0.354 e. The van der Waals surface area contributed by atoms with Gasteiger partial charge >= 0.3 is 0 Å². The van der Waals surface area contributed by atoms with E-state index in [4.69, 9.17) is 0 Å². The Morgan fingerprint density at radius 2 is 2.00 bits per heavy atom. The Kier molecular flexibility index (Phi) is 4.66. The molecule has 2 saturated carbocycles. The lowest BCUT2D eigenvalue weighted by Crippen LogP contribution is -2.51. The highest BCUT2D eigenvalue weighted by Gasteiger charge is 2.43. The average Bonchev–Trinajstić information content (AvgIpc) is 3.29. The van der Waals surface area contributed by atoms with Crippen LogP contribution in [0.5, 0.6) is 0 Å². The van der Waals surface area contributed by atoms with E-state index in [0.29, 0.717) is 25.0 Å². The van der Waals surface area contributed by atoms with Crippen molar-refractivity contribution < 1.29 is 4.79 Å². The molecule has 3 atom stereocenters. The lowest BCUT2D eigenvalue weighted by atomic mass is 9.85. The molecule has 3 N–H and O–H groups in total. The van der Waals surface area contributed by atoms with Gasteiger partial charge in [0, 0.05) is 32.1 Å². The smallest absolute Gasteiger partial charge is 0.220 e. The molecule has 5 nitrogen and oxygen atoms in total. The number of rotatable bonds is 3. The lowest BCUT2D eigenvalue weighted by molar-refractivity contribution is -0.122. The van der Waals surface area contributed by atoms with Gasteiger partial charge in [0.25, 0.3) is 0 Å². The summed E-state index contributed by atoms with van der Waals surface area (Å²) in [6, 6.07) is 0.915. The minimum atomic E-state index is 0.163. The molecule has 1 heterocycles. The standard InChI is InChI=1S/C16H28N4O/c1-17-16(19-12-7-8-15(21)18-10-12)20-14-9-13(14)11-5-3-2-4-6-11/h11-14H,2-10H2,1H3,(H,18,21)(H2,17,19,20). The Balaban J connectivity index is 1.42. The minimum absolute atomic E-state index is 0.163. The first-order chi connectivity index (χ1) is 10.3. The van der Waals surface area contributed by atoms with Crippen LogP contribution in [0.4, 0.5) is 0 Å². The molecule has 0 aromatic carbocycles. The molecular formula is C16H28N4O. The Bertz CT molecular complexity index is 393. The number of carbonyl (C=O) groups is 1. The lowest BCUT2D eigenvalue weighted by Gasteiger charge is -2.26. The predicted molar refractivity (Wildman–Crippen MR) is 84.1 cm³/mol. The van der Waals surface area contributed by atoms with Gasteiger partial charge in [0.1, 0.15) is 0 Å². The van der Waals surface area contributed by atoms with Crippen molar-refractivity contribution in [2.45, 2.75) is 63.5 Å². The molecular weight excluding hydrogens is 264 g/mol. The number of carbonyl (C=O) groups excluding carboxylic acids is 1. The van der Waals surface area contributed by atoms with Gasteiger partial charge in [0.2, 0.25) is 5.91 Å². The summed E-state index contributed by atoms with van der Waals surface area (Å²) in [7, 11) is 1.83. The maximum Gasteiger partial charge on any atom is 0.220 e. The van der Waals surface area contributed by atoms with Gasteiger partial charge in [-0.05, 0) is 24.7 Å². The first kappa shape index (κ1) is 14.7. The number of piperidine rings is 1. The van der Waals surface area contributed by atoms with E-state index < -0.39 is 0 Å². The summed E-state index contributed by atoms with van der Waals surface area (Å²) in [4.78, 5) is 15.5. The molecule has 0 radical (unpaired) electrons. The molecule has 5 heteroatoms.